The molecule has 3 aromatic carbocycles. The first-order valence-electron chi connectivity index (χ1n) is 16.2. The number of hydrogen-bond acceptors (Lipinski definition) is 5. The maximum atomic E-state index is 14.2. The van der Waals surface area contributed by atoms with Crippen LogP contribution < -0.4 is 9.80 Å². The van der Waals surface area contributed by atoms with Crippen LogP contribution in [-0.4, -0.2) is 28.7 Å². The van der Waals surface area contributed by atoms with E-state index in [9.17, 15) is 77.0 Å². The van der Waals surface area contributed by atoms with Crippen LogP contribution in [0.5, 0.6) is 5.75 Å². The topological polar surface area (TPSA) is 95.0 Å². The van der Waals surface area contributed by atoms with Gasteiger partial charge in [0.2, 0.25) is 23.6 Å². The third-order valence-corrected chi connectivity index (χ3v) is 10.5. The normalized spacial score (nSPS) is 25.9. The molecule has 6 atom stereocenters. The van der Waals surface area contributed by atoms with Crippen LogP contribution >= 0.6 is 0 Å². The van der Waals surface area contributed by atoms with E-state index in [-0.39, 0.29) is 69.5 Å². The molecule has 0 spiro atoms. The zero-order valence-electron chi connectivity index (χ0n) is 27.2. The van der Waals surface area contributed by atoms with Crippen LogP contribution in [0.15, 0.2) is 72.3 Å². The van der Waals surface area contributed by atoms with Gasteiger partial charge >= 0.3 is 24.7 Å². The SMILES string of the molecule is O=C1[C@H]2[C@H](CC=C3[C@H]2C[C@H]2C(=O)N(c4cc(C(F)(F)F)cc(C(F)(F)F)c4)C(=O)[C@H]2[C@H]3c2cccc(O)c2)C(=O)N1c1cc(C(F)(F)F)cc(C(F)(F)F)c1. The summed E-state index contributed by atoms with van der Waals surface area (Å²) in [7, 11) is 0. The molecule has 3 fully saturated rings. The van der Waals surface area contributed by atoms with E-state index in [1.165, 1.54) is 30.3 Å². The van der Waals surface area contributed by atoms with Gasteiger partial charge in [-0.3, -0.25) is 19.2 Å². The highest BCUT2D eigenvalue weighted by atomic mass is 19.4. The minimum Gasteiger partial charge on any atom is -0.508 e. The number of aromatic hydroxyl groups is 1. The fourth-order valence-corrected chi connectivity index (χ4v) is 8.33. The Bertz CT molecular complexity index is 2120. The lowest BCUT2D eigenvalue weighted by Crippen LogP contribution is -2.43. The molecule has 2 heterocycles. The number of halogens is 12. The van der Waals surface area contributed by atoms with Gasteiger partial charge in [0, 0.05) is 5.92 Å². The molecule has 4 aliphatic rings. The Kier molecular flexibility index (Phi) is 8.50. The molecular weight excluding hydrogens is 768 g/mol. The molecule has 7 rings (SSSR count). The molecule has 0 bridgehead atoms. The molecular formula is C36H22F12N2O5. The largest absolute Gasteiger partial charge is 0.508 e. The summed E-state index contributed by atoms with van der Waals surface area (Å²) in [4.78, 5) is 56.4. The number of phenolic OH excluding ortho intramolecular Hbond substituents is 1. The summed E-state index contributed by atoms with van der Waals surface area (Å²) < 4.78 is 165. The molecule has 2 aliphatic heterocycles. The van der Waals surface area contributed by atoms with Gasteiger partial charge < -0.3 is 5.11 Å². The summed E-state index contributed by atoms with van der Waals surface area (Å²) in [6, 6.07) is 5.49. The molecule has 7 nitrogen and oxygen atoms in total. The van der Waals surface area contributed by atoms with E-state index in [1.807, 2.05) is 0 Å². The number of alkyl halides is 12. The Hall–Kier alpha value is -5.36. The Morgan fingerprint density at radius 3 is 1.40 bits per heavy atom. The van der Waals surface area contributed by atoms with Crippen molar-refractivity contribution in [3.05, 3.63) is 100 Å². The van der Waals surface area contributed by atoms with E-state index in [1.54, 1.807) is 0 Å². The molecule has 0 aromatic heterocycles. The summed E-state index contributed by atoms with van der Waals surface area (Å²) in [5.41, 5.74) is -9.05. The van der Waals surface area contributed by atoms with Crippen LogP contribution in [0.3, 0.4) is 0 Å². The van der Waals surface area contributed by atoms with Gasteiger partial charge in [-0.2, -0.15) is 52.7 Å². The average molecular weight is 791 g/mol. The molecule has 1 saturated carbocycles. The van der Waals surface area contributed by atoms with Crippen molar-refractivity contribution in [2.24, 2.45) is 29.6 Å². The van der Waals surface area contributed by atoms with Crippen molar-refractivity contribution in [3.8, 4) is 5.75 Å². The van der Waals surface area contributed by atoms with Crippen LogP contribution in [0.1, 0.15) is 46.6 Å². The molecule has 290 valence electrons. The van der Waals surface area contributed by atoms with E-state index < -0.39 is 124 Å². The minimum atomic E-state index is -5.35. The third-order valence-electron chi connectivity index (χ3n) is 10.5. The molecule has 1 N–H and O–H groups in total. The maximum Gasteiger partial charge on any atom is 0.416 e. The molecule has 55 heavy (non-hydrogen) atoms. The van der Waals surface area contributed by atoms with Gasteiger partial charge in [-0.1, -0.05) is 23.8 Å². The number of allylic oxidation sites excluding steroid dienone is 2. The van der Waals surface area contributed by atoms with Crippen molar-refractivity contribution in [1.82, 2.24) is 0 Å². The number of benzene rings is 3. The lowest BCUT2D eigenvalue weighted by atomic mass is 9.57. The molecule has 0 unspecified atom stereocenters. The van der Waals surface area contributed by atoms with Crippen LogP contribution in [-0.2, 0) is 43.9 Å². The second-order valence-corrected chi connectivity index (χ2v) is 13.7. The number of fused-ring (bicyclic) bond motifs is 4. The predicted molar refractivity (Wildman–Crippen MR) is 163 cm³/mol. The van der Waals surface area contributed by atoms with Gasteiger partial charge in [0.25, 0.3) is 0 Å². The highest BCUT2D eigenvalue weighted by Gasteiger charge is 2.62. The van der Waals surface area contributed by atoms with Crippen molar-refractivity contribution in [1.29, 1.82) is 0 Å². The Morgan fingerprint density at radius 2 is 0.964 bits per heavy atom. The zero-order chi connectivity index (χ0) is 40.3. The van der Waals surface area contributed by atoms with Crippen LogP contribution in [0.4, 0.5) is 64.1 Å². The van der Waals surface area contributed by atoms with Crippen molar-refractivity contribution >= 4 is 35.0 Å². The molecule has 3 aromatic rings. The Labute approximate surface area is 300 Å². The smallest absolute Gasteiger partial charge is 0.416 e. The van der Waals surface area contributed by atoms with Gasteiger partial charge in [0.05, 0.1) is 57.3 Å². The second-order valence-electron chi connectivity index (χ2n) is 13.7. The average Bonchev–Trinajstić information content (AvgIpc) is 3.48. The molecule has 4 amide bonds. The number of hydrogen-bond donors (Lipinski definition) is 1. The Morgan fingerprint density at radius 1 is 0.527 bits per heavy atom. The maximum absolute atomic E-state index is 14.2. The highest BCUT2D eigenvalue weighted by molar-refractivity contribution is 6.24. The number of anilines is 2. The number of carbonyl (C=O) groups is 4. The lowest BCUT2D eigenvalue weighted by molar-refractivity contribution is -0.144. The van der Waals surface area contributed by atoms with Crippen molar-refractivity contribution in [2.75, 3.05) is 9.80 Å². The van der Waals surface area contributed by atoms with E-state index >= 15 is 0 Å². The zero-order valence-corrected chi connectivity index (χ0v) is 27.2. The second kappa shape index (κ2) is 12.3. The number of imide groups is 2. The van der Waals surface area contributed by atoms with E-state index in [0.717, 1.165) is 0 Å². The van der Waals surface area contributed by atoms with Gasteiger partial charge in [-0.15, -0.1) is 0 Å². The first-order chi connectivity index (χ1) is 25.4. The minimum absolute atomic E-state index is 0.119. The van der Waals surface area contributed by atoms with Crippen LogP contribution in [0, 0.1) is 29.6 Å². The van der Waals surface area contributed by atoms with Gasteiger partial charge in [0.1, 0.15) is 5.75 Å². The summed E-state index contributed by atoms with van der Waals surface area (Å²) in [5.74, 6) is -13.7. The third kappa shape index (κ3) is 6.30. The molecule has 0 radical (unpaired) electrons. The monoisotopic (exact) mass is 790 g/mol. The Balaban J connectivity index is 1.34. The summed E-state index contributed by atoms with van der Waals surface area (Å²) in [5, 5.41) is 10.3. The van der Waals surface area contributed by atoms with E-state index in [4.69, 9.17) is 0 Å². The summed E-state index contributed by atoms with van der Waals surface area (Å²) >= 11 is 0. The molecule has 2 aliphatic carbocycles. The first-order valence-corrected chi connectivity index (χ1v) is 16.2. The van der Waals surface area contributed by atoms with Crippen molar-refractivity contribution in [2.45, 2.75) is 43.5 Å². The number of carbonyl (C=O) groups excluding carboxylic acids is 4. The fraction of sp³-hybridized carbons (Fsp3) is 0.333. The number of rotatable bonds is 3. The van der Waals surface area contributed by atoms with Gasteiger partial charge in [0.15, 0.2) is 0 Å². The van der Waals surface area contributed by atoms with Crippen molar-refractivity contribution in [3.63, 3.8) is 0 Å². The standard InChI is InChI=1S/C36H22F12N2O5/c37-33(38,39)15-7-16(34(40,41)42)10-19(9-15)49-29(52)23-5-4-22-24(27(23)31(49)54)13-25-28(26(22)14-2-1-3-21(51)6-14)32(55)50(30(25)53)20-11-17(35(43,44)45)8-18(12-20)36(46,47)48/h1-4,6-12,23-28,51H,5,13H2/t23-,24+,25+,26-,27-,28+/m0/s1. The number of nitrogens with zero attached hydrogens (tertiary/aromatic N) is 2. The lowest BCUT2D eigenvalue weighted by Gasteiger charge is -2.44. The predicted octanol–water partition coefficient (Wildman–Crippen LogP) is 8.51. The fourth-order valence-electron chi connectivity index (χ4n) is 8.33. The quantitative estimate of drug-likeness (QED) is 0.163. The van der Waals surface area contributed by atoms with Gasteiger partial charge in [-0.25, -0.2) is 9.80 Å². The number of amides is 4. The molecule has 2 saturated heterocycles. The van der Waals surface area contributed by atoms with E-state index in [2.05, 4.69) is 0 Å². The van der Waals surface area contributed by atoms with Crippen LogP contribution in [0.25, 0.3) is 0 Å². The highest BCUT2D eigenvalue weighted by Crippen LogP contribution is 2.59. The summed E-state index contributed by atoms with van der Waals surface area (Å²) in [6.45, 7) is 0. The van der Waals surface area contributed by atoms with Crippen molar-refractivity contribution < 1.29 is 77.0 Å². The summed E-state index contributed by atoms with van der Waals surface area (Å²) in [6.07, 6.45) is -20.8. The van der Waals surface area contributed by atoms with Crippen LogP contribution in [0.2, 0.25) is 0 Å². The molecule has 19 heteroatoms. The van der Waals surface area contributed by atoms with E-state index in [0.29, 0.717) is 0 Å². The first kappa shape index (κ1) is 37.9. The van der Waals surface area contributed by atoms with Gasteiger partial charge in [-0.05, 0) is 72.9 Å². The number of phenols is 1.